The molecule has 3 rings (SSSR count). The van der Waals surface area contributed by atoms with Gasteiger partial charge in [0, 0.05) is 17.2 Å². The third-order valence-corrected chi connectivity index (χ3v) is 4.24. The molecule has 0 amide bonds. The molecule has 0 aliphatic rings. The zero-order valence-electron chi connectivity index (χ0n) is 11.7. The summed E-state index contributed by atoms with van der Waals surface area (Å²) in [5.41, 5.74) is 8.81. The molecule has 2 aromatic carbocycles. The lowest BCUT2D eigenvalue weighted by Crippen LogP contribution is -1.93. The number of ether oxygens (including phenoxy) is 1. The van der Waals surface area contributed by atoms with Crippen molar-refractivity contribution in [2.24, 2.45) is 0 Å². The smallest absolute Gasteiger partial charge is 0.121 e. The van der Waals surface area contributed by atoms with Crippen LogP contribution in [0.25, 0.3) is 10.9 Å². The van der Waals surface area contributed by atoms with E-state index in [-0.39, 0.29) is 0 Å². The average Bonchev–Trinajstić information content (AvgIpc) is 2.54. The third kappa shape index (κ3) is 3.11. The number of fused-ring (bicyclic) bond motifs is 1. The summed E-state index contributed by atoms with van der Waals surface area (Å²) in [6.45, 7) is 0. The summed E-state index contributed by atoms with van der Waals surface area (Å²) in [4.78, 5) is 4.65. The molecule has 106 valence electrons. The van der Waals surface area contributed by atoms with Crippen LogP contribution in [0, 0.1) is 0 Å². The predicted octanol–water partition coefficient (Wildman–Crippen LogP) is 4.12. The van der Waals surface area contributed by atoms with Crippen LogP contribution in [0.4, 0.5) is 5.69 Å². The molecule has 0 saturated carbocycles. The van der Waals surface area contributed by atoms with Crippen LogP contribution in [-0.4, -0.2) is 12.1 Å². The Morgan fingerprint density at radius 1 is 1.10 bits per heavy atom. The number of anilines is 1. The highest BCUT2D eigenvalue weighted by Crippen LogP contribution is 2.29. The molecule has 0 unspecified atom stereocenters. The maximum Gasteiger partial charge on any atom is 0.121 e. The van der Waals surface area contributed by atoms with E-state index in [0.29, 0.717) is 5.69 Å². The van der Waals surface area contributed by atoms with Crippen molar-refractivity contribution in [1.82, 2.24) is 4.98 Å². The lowest BCUT2D eigenvalue weighted by molar-refractivity contribution is 0.415. The summed E-state index contributed by atoms with van der Waals surface area (Å²) in [6.07, 6.45) is 0. The molecule has 0 aliphatic carbocycles. The maximum atomic E-state index is 6.06. The second-order valence-electron chi connectivity index (χ2n) is 4.71. The van der Waals surface area contributed by atoms with Crippen LogP contribution in [0.5, 0.6) is 5.75 Å². The standard InChI is InChI=1S/C17H16N2OS/c1-20-14-9-13-7-8-16(19-17(13)15(18)10-14)21-11-12-5-3-2-4-6-12/h2-10H,11,18H2,1H3. The molecule has 1 heterocycles. The Kier molecular flexibility index (Phi) is 3.97. The Bertz CT molecular complexity index is 759. The predicted molar refractivity (Wildman–Crippen MR) is 88.7 cm³/mol. The van der Waals surface area contributed by atoms with E-state index in [1.807, 2.05) is 36.4 Å². The van der Waals surface area contributed by atoms with Gasteiger partial charge in [-0.15, -0.1) is 11.8 Å². The summed E-state index contributed by atoms with van der Waals surface area (Å²) < 4.78 is 5.23. The zero-order chi connectivity index (χ0) is 14.7. The molecule has 0 spiro atoms. The number of hydrogen-bond acceptors (Lipinski definition) is 4. The second-order valence-corrected chi connectivity index (χ2v) is 5.71. The first kappa shape index (κ1) is 13.8. The summed E-state index contributed by atoms with van der Waals surface area (Å²) in [5, 5.41) is 1.97. The lowest BCUT2D eigenvalue weighted by atomic mass is 10.2. The van der Waals surface area contributed by atoms with Crippen LogP contribution < -0.4 is 10.5 Å². The first-order chi connectivity index (χ1) is 10.3. The van der Waals surface area contributed by atoms with Gasteiger partial charge in [0.2, 0.25) is 0 Å². The van der Waals surface area contributed by atoms with Crippen molar-refractivity contribution in [2.75, 3.05) is 12.8 Å². The summed E-state index contributed by atoms with van der Waals surface area (Å²) in [5.74, 6) is 1.65. The highest BCUT2D eigenvalue weighted by Gasteiger charge is 2.05. The second kappa shape index (κ2) is 6.06. The molecule has 0 aliphatic heterocycles. The molecule has 0 bridgehead atoms. The van der Waals surface area contributed by atoms with Crippen LogP contribution in [0.3, 0.4) is 0 Å². The molecule has 0 radical (unpaired) electrons. The van der Waals surface area contributed by atoms with Crippen LogP contribution in [-0.2, 0) is 5.75 Å². The van der Waals surface area contributed by atoms with Crippen LogP contribution >= 0.6 is 11.8 Å². The Balaban J connectivity index is 1.85. The Hall–Kier alpha value is -2.20. The summed E-state index contributed by atoms with van der Waals surface area (Å²) >= 11 is 1.71. The van der Waals surface area contributed by atoms with E-state index in [9.17, 15) is 0 Å². The van der Waals surface area contributed by atoms with E-state index in [0.717, 1.165) is 27.4 Å². The largest absolute Gasteiger partial charge is 0.497 e. The quantitative estimate of drug-likeness (QED) is 0.581. The van der Waals surface area contributed by atoms with Crippen molar-refractivity contribution in [2.45, 2.75) is 10.8 Å². The topological polar surface area (TPSA) is 48.1 Å². The van der Waals surface area contributed by atoms with Gasteiger partial charge in [0.1, 0.15) is 5.75 Å². The van der Waals surface area contributed by atoms with Crippen LogP contribution in [0.1, 0.15) is 5.56 Å². The zero-order valence-corrected chi connectivity index (χ0v) is 12.6. The van der Waals surface area contributed by atoms with Gasteiger partial charge in [0.15, 0.2) is 0 Å². The van der Waals surface area contributed by atoms with Gasteiger partial charge in [-0.25, -0.2) is 4.98 Å². The highest BCUT2D eigenvalue weighted by atomic mass is 32.2. The van der Waals surface area contributed by atoms with Crippen LogP contribution in [0.2, 0.25) is 0 Å². The molecule has 3 aromatic rings. The number of nitrogen functional groups attached to an aromatic ring is 1. The van der Waals surface area contributed by atoms with Gasteiger partial charge in [0.25, 0.3) is 0 Å². The first-order valence-electron chi connectivity index (χ1n) is 6.67. The van der Waals surface area contributed by atoms with Crippen molar-refractivity contribution >= 4 is 28.4 Å². The van der Waals surface area contributed by atoms with E-state index in [2.05, 4.69) is 17.1 Å². The number of nitrogens with zero attached hydrogens (tertiary/aromatic N) is 1. The molecule has 3 nitrogen and oxygen atoms in total. The number of hydrogen-bond donors (Lipinski definition) is 1. The lowest BCUT2D eigenvalue weighted by Gasteiger charge is -2.07. The van der Waals surface area contributed by atoms with E-state index in [4.69, 9.17) is 10.5 Å². The molecular weight excluding hydrogens is 280 g/mol. The third-order valence-electron chi connectivity index (χ3n) is 3.24. The van der Waals surface area contributed by atoms with E-state index in [1.54, 1.807) is 24.9 Å². The minimum absolute atomic E-state index is 0.645. The van der Waals surface area contributed by atoms with Crippen LogP contribution in [0.15, 0.2) is 59.6 Å². The number of thioether (sulfide) groups is 1. The molecule has 21 heavy (non-hydrogen) atoms. The van der Waals surface area contributed by atoms with Crippen molar-refractivity contribution in [1.29, 1.82) is 0 Å². The minimum Gasteiger partial charge on any atom is -0.497 e. The molecule has 0 atom stereocenters. The molecule has 2 N–H and O–H groups in total. The Labute approximate surface area is 128 Å². The number of rotatable bonds is 4. The van der Waals surface area contributed by atoms with Gasteiger partial charge in [-0.3, -0.25) is 0 Å². The number of benzene rings is 2. The van der Waals surface area contributed by atoms with Gasteiger partial charge >= 0.3 is 0 Å². The number of aromatic nitrogens is 1. The molecular formula is C17H16N2OS. The Morgan fingerprint density at radius 2 is 1.90 bits per heavy atom. The van der Waals surface area contributed by atoms with Crippen molar-refractivity contribution in [3.05, 3.63) is 60.2 Å². The maximum absolute atomic E-state index is 6.06. The van der Waals surface area contributed by atoms with Gasteiger partial charge in [-0.2, -0.15) is 0 Å². The molecule has 0 saturated heterocycles. The van der Waals surface area contributed by atoms with Gasteiger partial charge < -0.3 is 10.5 Å². The fourth-order valence-electron chi connectivity index (χ4n) is 2.15. The van der Waals surface area contributed by atoms with Crippen molar-refractivity contribution < 1.29 is 4.74 Å². The van der Waals surface area contributed by atoms with Gasteiger partial charge in [-0.05, 0) is 23.8 Å². The van der Waals surface area contributed by atoms with E-state index >= 15 is 0 Å². The number of nitrogens with two attached hydrogens (primary N) is 1. The number of methoxy groups -OCH3 is 1. The Morgan fingerprint density at radius 3 is 2.67 bits per heavy atom. The fourth-order valence-corrected chi connectivity index (χ4v) is 2.97. The van der Waals surface area contributed by atoms with Gasteiger partial charge in [-0.1, -0.05) is 30.3 Å². The van der Waals surface area contributed by atoms with Crippen molar-refractivity contribution in [3.8, 4) is 5.75 Å². The minimum atomic E-state index is 0.645. The monoisotopic (exact) mass is 296 g/mol. The average molecular weight is 296 g/mol. The molecule has 1 aromatic heterocycles. The first-order valence-corrected chi connectivity index (χ1v) is 7.66. The van der Waals surface area contributed by atoms with E-state index in [1.165, 1.54) is 5.56 Å². The molecule has 0 fully saturated rings. The summed E-state index contributed by atoms with van der Waals surface area (Å²) in [6, 6.07) is 18.2. The summed E-state index contributed by atoms with van der Waals surface area (Å²) in [7, 11) is 1.64. The van der Waals surface area contributed by atoms with Gasteiger partial charge in [0.05, 0.1) is 23.3 Å². The molecule has 4 heteroatoms. The SMILES string of the molecule is COc1cc(N)c2nc(SCc3ccccc3)ccc2c1. The normalized spacial score (nSPS) is 10.7. The van der Waals surface area contributed by atoms with E-state index < -0.39 is 0 Å². The highest BCUT2D eigenvalue weighted by molar-refractivity contribution is 7.98. The van der Waals surface area contributed by atoms with Crippen molar-refractivity contribution in [3.63, 3.8) is 0 Å². The number of pyridine rings is 1. The fraction of sp³-hybridized carbons (Fsp3) is 0.118.